The molecule has 1 rings (SSSR count). The predicted octanol–water partition coefficient (Wildman–Crippen LogP) is 2.79. The summed E-state index contributed by atoms with van der Waals surface area (Å²) in [5.74, 6) is 1.36. The van der Waals surface area contributed by atoms with Crippen LogP contribution in [0, 0.1) is 5.92 Å². The number of nitrogens with zero attached hydrogens (tertiary/aromatic N) is 1. The van der Waals surface area contributed by atoms with Gasteiger partial charge in [-0.05, 0) is 50.4 Å². The van der Waals surface area contributed by atoms with E-state index in [2.05, 4.69) is 37.1 Å². The first kappa shape index (κ1) is 14.7. The molecule has 0 saturated heterocycles. The van der Waals surface area contributed by atoms with E-state index in [-0.39, 0.29) is 0 Å². The third-order valence-electron chi connectivity index (χ3n) is 2.76. The van der Waals surface area contributed by atoms with Crippen molar-refractivity contribution < 1.29 is 0 Å². The van der Waals surface area contributed by atoms with Gasteiger partial charge in [-0.25, -0.2) is 4.98 Å². The molecule has 100 valence electrons. The number of hydrogen-bond donors (Lipinski definition) is 2. The van der Waals surface area contributed by atoms with Gasteiger partial charge in [0.2, 0.25) is 0 Å². The second-order valence-electron chi connectivity index (χ2n) is 5.16. The third kappa shape index (κ3) is 5.82. The van der Waals surface area contributed by atoms with Crippen molar-refractivity contribution in [3.8, 4) is 0 Å². The Balaban J connectivity index is 2.32. The molecule has 3 nitrogen and oxygen atoms in total. The Kier molecular flexibility index (Phi) is 6.44. The smallest absolute Gasteiger partial charge is 0.126 e. The third-order valence-corrected chi connectivity index (χ3v) is 2.76. The second kappa shape index (κ2) is 7.88. The predicted molar refractivity (Wildman–Crippen MR) is 78.4 cm³/mol. The van der Waals surface area contributed by atoms with Gasteiger partial charge in [-0.15, -0.1) is 0 Å². The molecule has 0 radical (unpaired) electrons. The lowest BCUT2D eigenvalue weighted by molar-refractivity contribution is 0.556. The van der Waals surface area contributed by atoms with E-state index in [4.69, 9.17) is 5.73 Å². The molecule has 3 heteroatoms. The Morgan fingerprint density at radius 2 is 2.28 bits per heavy atom. The van der Waals surface area contributed by atoms with Crippen LogP contribution >= 0.6 is 0 Å². The largest absolute Gasteiger partial charge is 0.383 e. The van der Waals surface area contributed by atoms with Gasteiger partial charge in [0.25, 0.3) is 0 Å². The number of anilines is 1. The number of pyridine rings is 1. The second-order valence-corrected chi connectivity index (χ2v) is 5.16. The van der Waals surface area contributed by atoms with Crippen molar-refractivity contribution in [1.29, 1.82) is 0 Å². The Hall–Kier alpha value is -1.35. The SMILES string of the molecule is CC(=CCCNCC(C)C)Cc1cccnc1N. The van der Waals surface area contributed by atoms with Gasteiger partial charge in [0.05, 0.1) is 0 Å². The molecule has 0 aliphatic heterocycles. The number of aromatic nitrogens is 1. The normalized spacial score (nSPS) is 12.1. The van der Waals surface area contributed by atoms with Crippen LogP contribution in [-0.4, -0.2) is 18.1 Å². The molecule has 0 bridgehead atoms. The first-order valence-electron chi connectivity index (χ1n) is 6.65. The first-order valence-corrected chi connectivity index (χ1v) is 6.65. The molecule has 3 N–H and O–H groups in total. The van der Waals surface area contributed by atoms with Gasteiger partial charge in [0.1, 0.15) is 5.82 Å². The number of nitrogens with two attached hydrogens (primary N) is 1. The van der Waals surface area contributed by atoms with E-state index in [0.29, 0.717) is 11.7 Å². The maximum absolute atomic E-state index is 5.83. The zero-order chi connectivity index (χ0) is 13.4. The molecule has 0 unspecified atom stereocenters. The monoisotopic (exact) mass is 247 g/mol. The number of rotatable bonds is 7. The van der Waals surface area contributed by atoms with E-state index in [9.17, 15) is 0 Å². The molecule has 1 heterocycles. The van der Waals surface area contributed by atoms with Crippen molar-refractivity contribution in [3.63, 3.8) is 0 Å². The zero-order valence-corrected chi connectivity index (χ0v) is 11.7. The number of allylic oxidation sites excluding steroid dienone is 1. The fourth-order valence-corrected chi connectivity index (χ4v) is 1.78. The molecule has 0 amide bonds. The van der Waals surface area contributed by atoms with Crippen LogP contribution in [0.2, 0.25) is 0 Å². The lowest BCUT2D eigenvalue weighted by Crippen LogP contribution is -2.20. The average Bonchev–Trinajstić information content (AvgIpc) is 2.31. The molecule has 0 saturated carbocycles. The topological polar surface area (TPSA) is 50.9 Å². The molecule has 1 aromatic rings. The minimum absolute atomic E-state index is 0.642. The van der Waals surface area contributed by atoms with Crippen molar-refractivity contribution in [1.82, 2.24) is 10.3 Å². The van der Waals surface area contributed by atoms with Gasteiger partial charge in [-0.2, -0.15) is 0 Å². The summed E-state index contributed by atoms with van der Waals surface area (Å²) in [5.41, 5.74) is 8.29. The van der Waals surface area contributed by atoms with Crippen LogP contribution in [0.15, 0.2) is 30.0 Å². The van der Waals surface area contributed by atoms with Crippen LogP contribution in [0.25, 0.3) is 0 Å². The van der Waals surface area contributed by atoms with E-state index in [0.717, 1.165) is 31.5 Å². The van der Waals surface area contributed by atoms with E-state index in [1.807, 2.05) is 12.1 Å². The maximum Gasteiger partial charge on any atom is 0.126 e. The Morgan fingerprint density at radius 1 is 1.50 bits per heavy atom. The summed E-state index contributed by atoms with van der Waals surface area (Å²) in [4.78, 5) is 4.10. The van der Waals surface area contributed by atoms with Crippen LogP contribution in [0.3, 0.4) is 0 Å². The summed E-state index contributed by atoms with van der Waals surface area (Å²) in [7, 11) is 0. The fourth-order valence-electron chi connectivity index (χ4n) is 1.78. The van der Waals surface area contributed by atoms with Gasteiger partial charge in [-0.1, -0.05) is 31.6 Å². The van der Waals surface area contributed by atoms with Crippen LogP contribution in [0.4, 0.5) is 5.82 Å². The van der Waals surface area contributed by atoms with Crippen LogP contribution in [0.5, 0.6) is 0 Å². The van der Waals surface area contributed by atoms with E-state index < -0.39 is 0 Å². The molecule has 18 heavy (non-hydrogen) atoms. The summed E-state index contributed by atoms with van der Waals surface area (Å²) in [5, 5.41) is 3.43. The molecule has 0 aliphatic rings. The van der Waals surface area contributed by atoms with Crippen LogP contribution < -0.4 is 11.1 Å². The zero-order valence-electron chi connectivity index (χ0n) is 11.7. The lowest BCUT2D eigenvalue weighted by Gasteiger charge is -2.07. The van der Waals surface area contributed by atoms with Gasteiger partial charge >= 0.3 is 0 Å². The quantitative estimate of drug-likeness (QED) is 0.575. The van der Waals surface area contributed by atoms with Crippen LogP contribution in [0.1, 0.15) is 32.8 Å². The fraction of sp³-hybridized carbons (Fsp3) is 0.533. The van der Waals surface area contributed by atoms with Gasteiger partial charge in [-0.3, -0.25) is 0 Å². The van der Waals surface area contributed by atoms with Crippen molar-refractivity contribution in [2.75, 3.05) is 18.8 Å². The van der Waals surface area contributed by atoms with E-state index in [1.165, 1.54) is 5.57 Å². The highest BCUT2D eigenvalue weighted by molar-refractivity contribution is 5.40. The van der Waals surface area contributed by atoms with Gasteiger partial charge in [0, 0.05) is 6.20 Å². The number of nitrogens with one attached hydrogen (secondary N) is 1. The first-order chi connectivity index (χ1) is 8.59. The molecule has 0 spiro atoms. The minimum atomic E-state index is 0.642. The highest BCUT2D eigenvalue weighted by atomic mass is 14.8. The molecule has 1 aromatic heterocycles. The van der Waals surface area contributed by atoms with Gasteiger partial charge < -0.3 is 11.1 Å². The standard InChI is InChI=1S/C15H25N3/c1-12(2)11-17-8-4-6-13(3)10-14-7-5-9-18-15(14)16/h5-7,9,12,17H,4,8,10-11H2,1-3H3,(H2,16,18). The number of nitrogen functional groups attached to an aromatic ring is 1. The Bertz CT molecular complexity index is 383. The molecule has 0 aromatic carbocycles. The lowest BCUT2D eigenvalue weighted by atomic mass is 10.1. The summed E-state index contributed by atoms with van der Waals surface area (Å²) in [6, 6.07) is 3.97. The molecular weight excluding hydrogens is 222 g/mol. The summed E-state index contributed by atoms with van der Waals surface area (Å²) >= 11 is 0. The van der Waals surface area contributed by atoms with E-state index in [1.54, 1.807) is 6.20 Å². The molecule has 0 aliphatic carbocycles. The summed E-state index contributed by atoms with van der Waals surface area (Å²) in [6.07, 6.45) is 5.97. The molecule has 0 fully saturated rings. The van der Waals surface area contributed by atoms with Crippen molar-refractivity contribution in [2.45, 2.75) is 33.6 Å². The summed E-state index contributed by atoms with van der Waals surface area (Å²) in [6.45, 7) is 8.72. The average molecular weight is 247 g/mol. The number of hydrogen-bond acceptors (Lipinski definition) is 3. The molecular formula is C15H25N3. The Labute approximate surface area is 111 Å². The Morgan fingerprint density at radius 3 is 2.94 bits per heavy atom. The highest BCUT2D eigenvalue weighted by Gasteiger charge is 1.99. The van der Waals surface area contributed by atoms with Crippen molar-refractivity contribution in [2.24, 2.45) is 5.92 Å². The van der Waals surface area contributed by atoms with E-state index >= 15 is 0 Å². The minimum Gasteiger partial charge on any atom is -0.383 e. The van der Waals surface area contributed by atoms with Crippen molar-refractivity contribution >= 4 is 5.82 Å². The maximum atomic E-state index is 5.83. The highest BCUT2D eigenvalue weighted by Crippen LogP contribution is 2.12. The van der Waals surface area contributed by atoms with Gasteiger partial charge in [0.15, 0.2) is 0 Å². The van der Waals surface area contributed by atoms with Crippen LogP contribution in [-0.2, 0) is 6.42 Å². The van der Waals surface area contributed by atoms with Crippen molar-refractivity contribution in [3.05, 3.63) is 35.5 Å². The molecule has 0 atom stereocenters. The summed E-state index contributed by atoms with van der Waals surface area (Å²) < 4.78 is 0.